The van der Waals surface area contributed by atoms with Gasteiger partial charge in [0.15, 0.2) is 0 Å². The van der Waals surface area contributed by atoms with E-state index in [4.69, 9.17) is 0 Å². The normalized spacial score (nSPS) is 22.1. The Kier molecular flexibility index (Phi) is 5.16. The highest BCUT2D eigenvalue weighted by atomic mass is 16.2. The third-order valence-electron chi connectivity index (χ3n) is 4.67. The molecule has 0 saturated carbocycles. The molecule has 2 aliphatic rings. The molecule has 2 fully saturated rings. The lowest BCUT2D eigenvalue weighted by Gasteiger charge is -2.35. The van der Waals surface area contributed by atoms with Crippen molar-refractivity contribution >= 4 is 17.5 Å². The van der Waals surface area contributed by atoms with Gasteiger partial charge >= 0.3 is 0 Å². The smallest absolute Gasteiger partial charge is 0.242 e. The zero-order chi connectivity index (χ0) is 16.1. The number of piperidine rings is 2. The van der Waals surface area contributed by atoms with E-state index in [1.54, 1.807) is 4.90 Å². The third kappa shape index (κ3) is 4.24. The van der Waals surface area contributed by atoms with E-state index in [2.05, 4.69) is 5.32 Å². The van der Waals surface area contributed by atoms with Crippen molar-refractivity contribution in [3.63, 3.8) is 0 Å². The Morgan fingerprint density at radius 2 is 1.96 bits per heavy atom. The number of carbonyl (C=O) groups excluding carboxylic acids is 2. The van der Waals surface area contributed by atoms with Gasteiger partial charge in [-0.05, 0) is 37.8 Å². The number of amides is 2. The fourth-order valence-electron chi connectivity index (χ4n) is 3.38. The van der Waals surface area contributed by atoms with Gasteiger partial charge < -0.3 is 15.1 Å². The van der Waals surface area contributed by atoms with Crippen LogP contribution in [0, 0.1) is 0 Å². The maximum absolute atomic E-state index is 12.5. The fourth-order valence-corrected chi connectivity index (χ4v) is 3.38. The van der Waals surface area contributed by atoms with Crippen LogP contribution in [0.4, 0.5) is 5.69 Å². The average Bonchev–Trinajstić information content (AvgIpc) is 2.58. The molecule has 23 heavy (non-hydrogen) atoms. The van der Waals surface area contributed by atoms with Crippen LogP contribution in [0.1, 0.15) is 32.1 Å². The molecule has 1 N–H and O–H groups in total. The standard InChI is InChI=1S/C18H25N3O2/c22-17-10-4-5-11-21(17)14-18(23)20-12-6-9-16(13-20)19-15-7-2-1-3-8-15/h1-3,7-8,16,19H,4-6,9-14H2/t16-/m1/s1. The lowest BCUT2D eigenvalue weighted by atomic mass is 10.0. The third-order valence-corrected chi connectivity index (χ3v) is 4.67. The van der Waals surface area contributed by atoms with Crippen molar-refractivity contribution < 1.29 is 9.59 Å². The molecule has 0 bridgehead atoms. The van der Waals surface area contributed by atoms with Gasteiger partial charge in [-0.3, -0.25) is 9.59 Å². The molecule has 124 valence electrons. The highest BCUT2D eigenvalue weighted by Gasteiger charge is 2.27. The molecule has 0 aliphatic carbocycles. The molecular formula is C18H25N3O2. The van der Waals surface area contributed by atoms with Crippen LogP contribution in [0.2, 0.25) is 0 Å². The van der Waals surface area contributed by atoms with Gasteiger partial charge in [-0.15, -0.1) is 0 Å². The summed E-state index contributed by atoms with van der Waals surface area (Å²) < 4.78 is 0. The highest BCUT2D eigenvalue weighted by Crippen LogP contribution is 2.17. The topological polar surface area (TPSA) is 52.7 Å². The van der Waals surface area contributed by atoms with Gasteiger partial charge in [-0.1, -0.05) is 18.2 Å². The van der Waals surface area contributed by atoms with Crippen molar-refractivity contribution in [3.05, 3.63) is 30.3 Å². The van der Waals surface area contributed by atoms with E-state index in [1.807, 2.05) is 35.2 Å². The summed E-state index contributed by atoms with van der Waals surface area (Å²) in [5.74, 6) is 0.209. The average molecular weight is 315 g/mol. The first-order valence-electron chi connectivity index (χ1n) is 8.59. The molecular weight excluding hydrogens is 290 g/mol. The van der Waals surface area contributed by atoms with E-state index in [0.29, 0.717) is 6.42 Å². The first kappa shape index (κ1) is 15.8. The largest absolute Gasteiger partial charge is 0.381 e. The van der Waals surface area contributed by atoms with Gasteiger partial charge in [0.1, 0.15) is 0 Å². The number of para-hydroxylation sites is 1. The number of nitrogens with zero attached hydrogens (tertiary/aromatic N) is 2. The molecule has 5 heteroatoms. The van der Waals surface area contributed by atoms with Gasteiger partial charge in [0.05, 0.1) is 6.54 Å². The van der Waals surface area contributed by atoms with Crippen LogP contribution in [-0.4, -0.2) is 53.8 Å². The second-order valence-corrected chi connectivity index (χ2v) is 6.46. The first-order chi connectivity index (χ1) is 11.2. The van der Waals surface area contributed by atoms with Crippen molar-refractivity contribution in [2.75, 3.05) is 31.5 Å². The SMILES string of the molecule is O=C1CCCCN1CC(=O)N1CCC[C@@H](Nc2ccccc2)C1. The molecule has 2 heterocycles. The Balaban J connectivity index is 1.53. The maximum Gasteiger partial charge on any atom is 0.242 e. The van der Waals surface area contributed by atoms with Gasteiger partial charge in [-0.25, -0.2) is 0 Å². The van der Waals surface area contributed by atoms with Gasteiger partial charge in [0, 0.05) is 37.8 Å². The van der Waals surface area contributed by atoms with Crippen LogP contribution in [0.5, 0.6) is 0 Å². The number of anilines is 1. The minimum atomic E-state index is 0.0832. The van der Waals surface area contributed by atoms with E-state index < -0.39 is 0 Å². The zero-order valence-electron chi connectivity index (χ0n) is 13.5. The molecule has 0 spiro atoms. The number of benzene rings is 1. The van der Waals surface area contributed by atoms with Crippen LogP contribution in [0.25, 0.3) is 0 Å². The fraction of sp³-hybridized carbons (Fsp3) is 0.556. The summed E-state index contributed by atoms with van der Waals surface area (Å²) in [6, 6.07) is 10.4. The number of nitrogens with one attached hydrogen (secondary N) is 1. The summed E-state index contributed by atoms with van der Waals surface area (Å²) in [7, 11) is 0. The van der Waals surface area contributed by atoms with Gasteiger partial charge in [0.2, 0.25) is 11.8 Å². The molecule has 1 aromatic carbocycles. The van der Waals surface area contributed by atoms with Crippen LogP contribution >= 0.6 is 0 Å². The van der Waals surface area contributed by atoms with Gasteiger partial charge in [-0.2, -0.15) is 0 Å². The Hall–Kier alpha value is -2.04. The lowest BCUT2D eigenvalue weighted by Crippen LogP contribution is -2.50. The first-order valence-corrected chi connectivity index (χ1v) is 8.59. The summed E-state index contributed by atoms with van der Waals surface area (Å²) in [6.45, 7) is 2.49. The molecule has 0 aromatic heterocycles. The molecule has 2 amide bonds. The molecule has 2 saturated heterocycles. The summed E-state index contributed by atoms with van der Waals surface area (Å²) in [6.07, 6.45) is 4.63. The number of carbonyl (C=O) groups is 2. The van der Waals surface area contributed by atoms with Crippen LogP contribution in [0.15, 0.2) is 30.3 Å². The predicted molar refractivity (Wildman–Crippen MR) is 90.1 cm³/mol. The zero-order valence-corrected chi connectivity index (χ0v) is 13.5. The molecule has 3 rings (SSSR count). The van der Waals surface area contributed by atoms with Crippen molar-refractivity contribution in [3.8, 4) is 0 Å². The number of rotatable bonds is 4. The lowest BCUT2D eigenvalue weighted by molar-refractivity contribution is -0.142. The summed E-state index contributed by atoms with van der Waals surface area (Å²) in [5, 5.41) is 3.50. The van der Waals surface area contributed by atoms with E-state index in [1.165, 1.54) is 0 Å². The second-order valence-electron chi connectivity index (χ2n) is 6.46. The van der Waals surface area contributed by atoms with E-state index in [9.17, 15) is 9.59 Å². The maximum atomic E-state index is 12.5. The minimum Gasteiger partial charge on any atom is -0.381 e. The highest BCUT2D eigenvalue weighted by molar-refractivity contribution is 5.85. The van der Waals surface area contributed by atoms with Crippen molar-refractivity contribution in [1.82, 2.24) is 9.80 Å². The molecule has 0 radical (unpaired) electrons. The monoisotopic (exact) mass is 315 g/mol. The summed E-state index contributed by atoms with van der Waals surface area (Å²) >= 11 is 0. The number of likely N-dealkylation sites (tertiary alicyclic amines) is 2. The molecule has 5 nitrogen and oxygen atoms in total. The Morgan fingerprint density at radius 1 is 1.13 bits per heavy atom. The van der Waals surface area contributed by atoms with Crippen molar-refractivity contribution in [2.24, 2.45) is 0 Å². The molecule has 0 unspecified atom stereocenters. The predicted octanol–water partition coefficient (Wildman–Crippen LogP) is 2.10. The second kappa shape index (κ2) is 7.49. The van der Waals surface area contributed by atoms with Crippen molar-refractivity contribution in [1.29, 1.82) is 0 Å². The quantitative estimate of drug-likeness (QED) is 0.926. The van der Waals surface area contributed by atoms with Crippen LogP contribution < -0.4 is 5.32 Å². The van der Waals surface area contributed by atoms with Crippen LogP contribution in [-0.2, 0) is 9.59 Å². The molecule has 1 aromatic rings. The Morgan fingerprint density at radius 3 is 2.74 bits per heavy atom. The van der Waals surface area contributed by atoms with E-state index >= 15 is 0 Å². The molecule has 2 aliphatic heterocycles. The number of hydrogen-bond donors (Lipinski definition) is 1. The summed E-state index contributed by atoms with van der Waals surface area (Å²) in [5.41, 5.74) is 1.10. The minimum absolute atomic E-state index is 0.0832. The molecule has 1 atom stereocenters. The van der Waals surface area contributed by atoms with E-state index in [0.717, 1.165) is 51.0 Å². The van der Waals surface area contributed by atoms with Gasteiger partial charge in [0.25, 0.3) is 0 Å². The Bertz CT molecular complexity index is 546. The Labute approximate surface area is 137 Å². The van der Waals surface area contributed by atoms with Crippen LogP contribution in [0.3, 0.4) is 0 Å². The number of hydrogen-bond acceptors (Lipinski definition) is 3. The van der Waals surface area contributed by atoms with E-state index in [-0.39, 0.29) is 24.4 Å². The van der Waals surface area contributed by atoms with Crippen molar-refractivity contribution in [2.45, 2.75) is 38.1 Å². The summed E-state index contributed by atoms with van der Waals surface area (Å²) in [4.78, 5) is 28.0.